The molecule has 1 aliphatic rings. The summed E-state index contributed by atoms with van der Waals surface area (Å²) in [4.78, 5) is 24.6. The predicted molar refractivity (Wildman–Crippen MR) is 91.1 cm³/mol. The third-order valence-corrected chi connectivity index (χ3v) is 5.90. The van der Waals surface area contributed by atoms with E-state index in [1.54, 1.807) is 6.92 Å². The van der Waals surface area contributed by atoms with Gasteiger partial charge < -0.3 is 9.64 Å². The van der Waals surface area contributed by atoms with Gasteiger partial charge in [0.05, 0.1) is 18.1 Å². The molecule has 1 heterocycles. The molecule has 1 saturated heterocycles. The summed E-state index contributed by atoms with van der Waals surface area (Å²) in [6.45, 7) is 7.84. The molecule has 132 valence electrons. The Morgan fingerprint density at radius 1 is 1.25 bits per heavy atom. The van der Waals surface area contributed by atoms with Crippen LogP contribution in [0.15, 0.2) is 6.07 Å². The van der Waals surface area contributed by atoms with Gasteiger partial charge in [-0.05, 0) is 49.9 Å². The van der Waals surface area contributed by atoms with E-state index in [1.165, 1.54) is 11.8 Å². The normalized spacial score (nSPS) is 14.8. The molecule has 0 atom stereocenters. The Kier molecular flexibility index (Phi) is 5.32. The van der Waals surface area contributed by atoms with Crippen LogP contribution in [0.25, 0.3) is 0 Å². The number of hydrogen-bond donors (Lipinski definition) is 0. The van der Waals surface area contributed by atoms with Crippen molar-refractivity contribution in [1.29, 1.82) is 0 Å². The van der Waals surface area contributed by atoms with Gasteiger partial charge in [0.25, 0.3) is 0 Å². The lowest BCUT2D eigenvalue weighted by Crippen LogP contribution is -2.30. The first-order valence-electron chi connectivity index (χ1n) is 7.85. The molecule has 0 spiro atoms. The summed E-state index contributed by atoms with van der Waals surface area (Å²) in [5.74, 6) is -0.318. The molecule has 0 aromatic heterocycles. The number of ketones is 1. The fraction of sp³-hybridized carbons (Fsp3) is 0.529. The molecule has 2 rings (SSSR count). The number of rotatable bonds is 6. The van der Waals surface area contributed by atoms with Gasteiger partial charge in [-0.3, -0.25) is 4.79 Å². The Labute approximate surface area is 142 Å². The average Bonchev–Trinajstić information content (AvgIpc) is 2.86. The molecule has 1 amide bonds. The van der Waals surface area contributed by atoms with Crippen LogP contribution in [0.4, 0.5) is 4.79 Å². The first-order chi connectivity index (χ1) is 11.1. The highest BCUT2D eigenvalue weighted by Gasteiger charge is 2.25. The number of amides is 1. The number of cyclic esters (lactones) is 1. The van der Waals surface area contributed by atoms with Crippen molar-refractivity contribution in [3.05, 3.63) is 33.9 Å². The second-order valence-electron chi connectivity index (χ2n) is 6.24. The van der Waals surface area contributed by atoms with Gasteiger partial charge in [0.15, 0.2) is 15.6 Å². The second kappa shape index (κ2) is 6.93. The van der Waals surface area contributed by atoms with Crippen LogP contribution in [-0.2, 0) is 20.3 Å². The Balaban J connectivity index is 2.21. The zero-order valence-corrected chi connectivity index (χ0v) is 15.3. The first kappa shape index (κ1) is 18.4. The summed E-state index contributed by atoms with van der Waals surface area (Å²) < 4.78 is 29.7. The summed E-state index contributed by atoms with van der Waals surface area (Å²) in [7, 11) is -3.41. The number of sulfone groups is 1. The minimum Gasteiger partial charge on any atom is -0.448 e. The van der Waals surface area contributed by atoms with Crippen molar-refractivity contribution >= 4 is 21.7 Å². The maximum Gasteiger partial charge on any atom is 0.409 e. The van der Waals surface area contributed by atoms with Gasteiger partial charge in [-0.15, -0.1) is 0 Å². The van der Waals surface area contributed by atoms with E-state index >= 15 is 0 Å². The highest BCUT2D eigenvalue weighted by atomic mass is 32.2. The zero-order chi connectivity index (χ0) is 18.1. The second-order valence-corrected chi connectivity index (χ2v) is 8.42. The molecule has 1 aromatic carbocycles. The molecular weight excluding hydrogens is 330 g/mol. The highest BCUT2D eigenvalue weighted by molar-refractivity contribution is 7.90. The van der Waals surface area contributed by atoms with Crippen LogP contribution in [-0.4, -0.2) is 50.6 Å². The third kappa shape index (κ3) is 3.95. The van der Waals surface area contributed by atoms with Crippen molar-refractivity contribution in [3.8, 4) is 0 Å². The molecule has 7 heteroatoms. The van der Waals surface area contributed by atoms with Gasteiger partial charge in [-0.25, -0.2) is 13.2 Å². The van der Waals surface area contributed by atoms with Crippen LogP contribution in [0.3, 0.4) is 0 Å². The fourth-order valence-corrected chi connectivity index (χ4v) is 4.69. The molecule has 0 unspecified atom stereocenters. The van der Waals surface area contributed by atoms with Crippen LogP contribution in [0.5, 0.6) is 0 Å². The summed E-state index contributed by atoms with van der Waals surface area (Å²) in [5.41, 5.74) is 3.71. The molecule has 1 fully saturated rings. The van der Waals surface area contributed by atoms with E-state index in [1.807, 2.05) is 19.9 Å². The first-order valence-corrected chi connectivity index (χ1v) is 9.67. The predicted octanol–water partition coefficient (Wildman–Crippen LogP) is 2.18. The van der Waals surface area contributed by atoms with E-state index < -0.39 is 15.9 Å². The van der Waals surface area contributed by atoms with Crippen LogP contribution >= 0.6 is 0 Å². The lowest BCUT2D eigenvalue weighted by Gasteiger charge is -2.17. The highest BCUT2D eigenvalue weighted by Crippen LogP contribution is 2.25. The van der Waals surface area contributed by atoms with Crippen molar-refractivity contribution in [3.63, 3.8) is 0 Å². The molecule has 0 N–H and O–H groups in total. The number of aryl methyl sites for hydroxylation is 2. The van der Waals surface area contributed by atoms with Crippen molar-refractivity contribution in [2.45, 2.75) is 33.4 Å². The molecule has 6 nitrogen and oxygen atoms in total. The smallest absolute Gasteiger partial charge is 0.409 e. The number of ether oxygens (including phenoxy) is 1. The SMILES string of the molecule is CC(=O)c1c(C)cc(C)c(CS(=O)(=O)CCN2CCOC2=O)c1C. The summed E-state index contributed by atoms with van der Waals surface area (Å²) in [6, 6.07) is 1.85. The third-order valence-electron chi connectivity index (χ3n) is 4.36. The molecule has 1 aliphatic heterocycles. The largest absolute Gasteiger partial charge is 0.448 e. The van der Waals surface area contributed by atoms with E-state index in [9.17, 15) is 18.0 Å². The van der Waals surface area contributed by atoms with Gasteiger partial charge in [0.2, 0.25) is 0 Å². The Bertz CT molecular complexity index is 783. The lowest BCUT2D eigenvalue weighted by atomic mass is 9.92. The van der Waals surface area contributed by atoms with Crippen molar-refractivity contribution < 1.29 is 22.7 Å². The summed E-state index contributed by atoms with van der Waals surface area (Å²) in [5, 5.41) is 0. The van der Waals surface area contributed by atoms with E-state index in [2.05, 4.69) is 0 Å². The maximum atomic E-state index is 12.5. The van der Waals surface area contributed by atoms with Crippen molar-refractivity contribution in [2.24, 2.45) is 0 Å². The molecule has 0 bridgehead atoms. The molecule has 0 radical (unpaired) electrons. The zero-order valence-electron chi connectivity index (χ0n) is 14.5. The maximum absolute atomic E-state index is 12.5. The number of carbonyl (C=O) groups is 2. The van der Waals surface area contributed by atoms with Gasteiger partial charge in [0.1, 0.15) is 6.61 Å². The average molecular weight is 353 g/mol. The summed E-state index contributed by atoms with van der Waals surface area (Å²) in [6.07, 6.45) is -0.466. The lowest BCUT2D eigenvalue weighted by molar-refractivity contribution is 0.101. The number of hydrogen-bond acceptors (Lipinski definition) is 5. The van der Waals surface area contributed by atoms with E-state index in [0.717, 1.165) is 16.7 Å². The van der Waals surface area contributed by atoms with Crippen LogP contribution < -0.4 is 0 Å². The summed E-state index contributed by atoms with van der Waals surface area (Å²) >= 11 is 0. The number of carbonyl (C=O) groups excluding carboxylic acids is 2. The Morgan fingerprint density at radius 2 is 1.92 bits per heavy atom. The molecule has 24 heavy (non-hydrogen) atoms. The molecule has 0 aliphatic carbocycles. The standard InChI is InChI=1S/C17H23NO5S/c1-11-9-12(2)16(14(4)19)13(3)15(11)10-24(21,22)8-6-18-5-7-23-17(18)20/h9H,5-8,10H2,1-4H3. The minimum atomic E-state index is -3.41. The quantitative estimate of drug-likeness (QED) is 0.732. The van der Waals surface area contributed by atoms with Crippen molar-refractivity contribution in [1.82, 2.24) is 4.90 Å². The Morgan fingerprint density at radius 3 is 2.46 bits per heavy atom. The fourth-order valence-electron chi connectivity index (χ4n) is 3.16. The van der Waals surface area contributed by atoms with Crippen molar-refractivity contribution in [2.75, 3.05) is 25.4 Å². The van der Waals surface area contributed by atoms with Crippen LogP contribution in [0.1, 0.15) is 39.5 Å². The van der Waals surface area contributed by atoms with Crippen LogP contribution in [0, 0.1) is 20.8 Å². The number of benzene rings is 1. The number of nitrogens with zero attached hydrogens (tertiary/aromatic N) is 1. The van der Waals surface area contributed by atoms with E-state index in [-0.39, 0.29) is 23.8 Å². The van der Waals surface area contributed by atoms with Gasteiger partial charge >= 0.3 is 6.09 Å². The van der Waals surface area contributed by atoms with E-state index in [0.29, 0.717) is 24.3 Å². The Hall–Kier alpha value is -1.89. The van der Waals surface area contributed by atoms with Gasteiger partial charge in [-0.2, -0.15) is 0 Å². The minimum absolute atomic E-state index is 0.0662. The van der Waals surface area contributed by atoms with E-state index in [4.69, 9.17) is 4.74 Å². The van der Waals surface area contributed by atoms with Gasteiger partial charge in [-0.1, -0.05) is 6.07 Å². The van der Waals surface area contributed by atoms with Crippen LogP contribution in [0.2, 0.25) is 0 Å². The topological polar surface area (TPSA) is 80.8 Å². The molecule has 0 saturated carbocycles. The molecule has 1 aromatic rings. The molecular formula is C17H23NO5S. The van der Waals surface area contributed by atoms with Gasteiger partial charge in [0, 0.05) is 12.1 Å². The monoisotopic (exact) mass is 353 g/mol. The number of Topliss-reactive ketones (excluding diaryl/α,β-unsaturated/α-hetero) is 1.